The Morgan fingerprint density at radius 3 is 2.44 bits per heavy atom. The number of alkyl halides is 3. The quantitative estimate of drug-likeness (QED) is 0.842. The van der Waals surface area contributed by atoms with E-state index in [-0.39, 0.29) is 22.9 Å². The van der Waals surface area contributed by atoms with E-state index in [9.17, 15) is 23.1 Å². The highest BCUT2D eigenvalue weighted by Gasteiger charge is 2.38. The molecule has 1 unspecified atom stereocenters. The Hall–Kier alpha value is -3.10. The Balaban J connectivity index is 2.25. The summed E-state index contributed by atoms with van der Waals surface area (Å²) >= 11 is 0. The number of nitrogens with zero attached hydrogens (tertiary/aromatic N) is 2. The van der Waals surface area contributed by atoms with Gasteiger partial charge in [0.15, 0.2) is 0 Å². The third kappa shape index (κ3) is 3.44. The number of aliphatic carboxylic acids is 1. The lowest BCUT2D eigenvalue weighted by Gasteiger charge is -2.29. The molecule has 2 N–H and O–H groups in total. The van der Waals surface area contributed by atoms with Crippen LogP contribution in [0.4, 0.5) is 13.2 Å². The van der Waals surface area contributed by atoms with Crippen molar-refractivity contribution < 1.29 is 27.5 Å². The lowest BCUT2D eigenvalue weighted by molar-refractivity contribution is -0.137. The molecule has 0 radical (unpaired) electrons. The largest absolute Gasteiger partial charge is 0.478 e. The number of aromatic nitrogens is 2. The molecule has 0 aliphatic carbocycles. The summed E-state index contributed by atoms with van der Waals surface area (Å²) < 4.78 is 45.0. The Labute approximate surface area is 152 Å². The van der Waals surface area contributed by atoms with Crippen LogP contribution in [0.5, 0.6) is 0 Å². The number of benzene rings is 1. The predicted octanol–water partition coefficient (Wildman–Crippen LogP) is 3.87. The van der Waals surface area contributed by atoms with Crippen molar-refractivity contribution in [2.45, 2.75) is 32.9 Å². The molecule has 2 aromatic rings. The number of hydrogen-bond donors (Lipinski definition) is 2. The molecule has 27 heavy (non-hydrogen) atoms. The first kappa shape index (κ1) is 18.7. The number of allylic oxidation sites excluding steroid dienone is 3. The smallest absolute Gasteiger partial charge is 0.416 e. The SMILES string of the molecule is CC1=C(C(=O)O)C(c2cccc(C(F)(F)F)c2)C(c2nnc(C)o2)=C(C)N1. The van der Waals surface area contributed by atoms with Crippen molar-refractivity contribution >= 4 is 11.5 Å². The third-order valence-electron chi connectivity index (χ3n) is 4.29. The molecule has 0 spiro atoms. The highest BCUT2D eigenvalue weighted by molar-refractivity contribution is 5.95. The van der Waals surface area contributed by atoms with Gasteiger partial charge in [-0.1, -0.05) is 18.2 Å². The van der Waals surface area contributed by atoms with Crippen molar-refractivity contribution in [2.75, 3.05) is 0 Å². The summed E-state index contributed by atoms with van der Waals surface area (Å²) in [5.74, 6) is -1.92. The molecular weight excluding hydrogens is 363 g/mol. The van der Waals surface area contributed by atoms with E-state index in [0.29, 0.717) is 17.0 Å². The van der Waals surface area contributed by atoms with E-state index in [2.05, 4.69) is 15.5 Å². The van der Waals surface area contributed by atoms with E-state index in [4.69, 9.17) is 4.42 Å². The summed E-state index contributed by atoms with van der Waals surface area (Å²) in [6.45, 7) is 4.81. The molecule has 142 valence electrons. The number of carboxylic acids is 1. The van der Waals surface area contributed by atoms with Gasteiger partial charge in [-0.25, -0.2) is 4.79 Å². The maximum atomic E-state index is 13.2. The number of rotatable bonds is 3. The number of halogens is 3. The van der Waals surface area contributed by atoms with Crippen LogP contribution < -0.4 is 5.32 Å². The highest BCUT2D eigenvalue weighted by Crippen LogP contribution is 2.44. The molecular formula is C18H16F3N3O3. The molecule has 0 bridgehead atoms. The van der Waals surface area contributed by atoms with Gasteiger partial charge in [0, 0.05) is 23.9 Å². The van der Waals surface area contributed by atoms with Crippen LogP contribution in [0.25, 0.3) is 5.57 Å². The molecule has 6 nitrogen and oxygen atoms in total. The molecule has 0 fully saturated rings. The van der Waals surface area contributed by atoms with E-state index in [1.807, 2.05) is 0 Å². The van der Waals surface area contributed by atoms with Crippen molar-refractivity contribution in [1.29, 1.82) is 0 Å². The lowest BCUT2D eigenvalue weighted by atomic mass is 9.80. The van der Waals surface area contributed by atoms with Crippen molar-refractivity contribution in [2.24, 2.45) is 0 Å². The number of carboxylic acid groups (broad SMARTS) is 1. The first-order chi connectivity index (χ1) is 12.6. The molecule has 9 heteroatoms. The zero-order valence-electron chi connectivity index (χ0n) is 14.7. The van der Waals surface area contributed by atoms with Gasteiger partial charge in [-0.15, -0.1) is 10.2 Å². The second-order valence-electron chi connectivity index (χ2n) is 6.19. The lowest BCUT2D eigenvalue weighted by Crippen LogP contribution is -2.27. The molecule has 1 atom stereocenters. The van der Waals surface area contributed by atoms with E-state index in [0.717, 1.165) is 12.1 Å². The minimum absolute atomic E-state index is 0.0613. The summed E-state index contributed by atoms with van der Waals surface area (Å²) in [6.07, 6.45) is -4.55. The first-order valence-corrected chi connectivity index (χ1v) is 7.99. The molecule has 1 aliphatic heterocycles. The maximum absolute atomic E-state index is 13.2. The fraction of sp³-hybridized carbons (Fsp3) is 0.278. The predicted molar refractivity (Wildman–Crippen MR) is 89.3 cm³/mol. The van der Waals surface area contributed by atoms with Gasteiger partial charge in [0.05, 0.1) is 17.1 Å². The molecule has 1 aromatic heterocycles. The standard InChI is InChI=1S/C18H16F3N3O3/c1-8-13(16-24-23-10(3)27-16)15(14(17(25)26)9(2)22-8)11-5-4-6-12(7-11)18(19,20)21/h4-7,15,22H,1-3H3,(H,25,26). The van der Waals surface area contributed by atoms with Crippen LogP contribution in [0.15, 0.2) is 45.6 Å². The number of carbonyl (C=O) groups is 1. The zero-order valence-corrected chi connectivity index (χ0v) is 14.7. The maximum Gasteiger partial charge on any atom is 0.416 e. The van der Waals surface area contributed by atoms with Gasteiger partial charge in [0.1, 0.15) is 0 Å². The third-order valence-corrected chi connectivity index (χ3v) is 4.29. The number of hydrogen-bond acceptors (Lipinski definition) is 5. The summed E-state index contributed by atoms with van der Waals surface area (Å²) in [5.41, 5.74) is 0.433. The van der Waals surface area contributed by atoms with Crippen LogP contribution in [0.3, 0.4) is 0 Å². The topological polar surface area (TPSA) is 88.2 Å². The Morgan fingerprint density at radius 2 is 1.89 bits per heavy atom. The fourth-order valence-corrected chi connectivity index (χ4v) is 3.19. The van der Waals surface area contributed by atoms with Crippen LogP contribution in [0.2, 0.25) is 0 Å². The molecule has 1 aromatic carbocycles. The Kier molecular flexibility index (Phi) is 4.54. The average Bonchev–Trinajstić information content (AvgIpc) is 2.99. The molecule has 0 saturated carbocycles. The second-order valence-corrected chi connectivity index (χ2v) is 6.19. The van der Waals surface area contributed by atoms with Crippen molar-refractivity contribution in [3.63, 3.8) is 0 Å². The monoisotopic (exact) mass is 379 g/mol. The highest BCUT2D eigenvalue weighted by atomic mass is 19.4. The van der Waals surface area contributed by atoms with Crippen LogP contribution in [-0.4, -0.2) is 21.3 Å². The van der Waals surface area contributed by atoms with Gasteiger partial charge in [-0.3, -0.25) is 0 Å². The van der Waals surface area contributed by atoms with E-state index < -0.39 is 23.6 Å². The second kappa shape index (κ2) is 6.57. The van der Waals surface area contributed by atoms with Gasteiger partial charge in [0.2, 0.25) is 11.8 Å². The summed E-state index contributed by atoms with van der Waals surface area (Å²) in [6, 6.07) is 4.59. The molecule has 0 amide bonds. The van der Waals surface area contributed by atoms with Gasteiger partial charge >= 0.3 is 12.1 Å². The zero-order chi connectivity index (χ0) is 19.9. The van der Waals surface area contributed by atoms with Gasteiger partial charge in [0.25, 0.3) is 0 Å². The van der Waals surface area contributed by atoms with Crippen LogP contribution in [-0.2, 0) is 11.0 Å². The van der Waals surface area contributed by atoms with Gasteiger partial charge in [-0.2, -0.15) is 13.2 Å². The number of dihydropyridines is 1. The number of nitrogens with one attached hydrogen (secondary N) is 1. The van der Waals surface area contributed by atoms with Crippen LogP contribution >= 0.6 is 0 Å². The fourth-order valence-electron chi connectivity index (χ4n) is 3.19. The summed E-state index contributed by atoms with van der Waals surface area (Å²) in [5, 5.41) is 20.3. The molecule has 3 rings (SSSR count). The van der Waals surface area contributed by atoms with Gasteiger partial charge in [-0.05, 0) is 25.5 Å². The Morgan fingerprint density at radius 1 is 1.19 bits per heavy atom. The van der Waals surface area contributed by atoms with Crippen molar-refractivity contribution in [1.82, 2.24) is 15.5 Å². The minimum Gasteiger partial charge on any atom is -0.478 e. The van der Waals surface area contributed by atoms with E-state index in [1.54, 1.807) is 20.8 Å². The van der Waals surface area contributed by atoms with Crippen molar-refractivity contribution in [3.8, 4) is 0 Å². The van der Waals surface area contributed by atoms with Gasteiger partial charge < -0.3 is 14.8 Å². The molecule has 2 heterocycles. The van der Waals surface area contributed by atoms with E-state index >= 15 is 0 Å². The van der Waals surface area contributed by atoms with Crippen LogP contribution in [0, 0.1) is 6.92 Å². The van der Waals surface area contributed by atoms with E-state index in [1.165, 1.54) is 12.1 Å². The molecule has 1 aliphatic rings. The average molecular weight is 379 g/mol. The Bertz CT molecular complexity index is 973. The molecule has 0 saturated heterocycles. The summed E-state index contributed by atoms with van der Waals surface area (Å²) in [7, 11) is 0. The minimum atomic E-state index is -4.55. The normalized spacial score (nSPS) is 17.9. The summed E-state index contributed by atoms with van der Waals surface area (Å²) in [4.78, 5) is 11.9. The number of aryl methyl sites for hydroxylation is 1. The van der Waals surface area contributed by atoms with Crippen molar-refractivity contribution in [3.05, 3.63) is 64.1 Å². The van der Waals surface area contributed by atoms with Crippen LogP contribution in [0.1, 0.15) is 42.7 Å². The first-order valence-electron chi connectivity index (χ1n) is 7.99.